The zero-order valence-corrected chi connectivity index (χ0v) is 16.1. The van der Waals surface area contributed by atoms with Crippen LogP contribution in [0.3, 0.4) is 0 Å². The fraction of sp³-hybridized carbons (Fsp3) is 0.263. The Labute approximate surface area is 155 Å². The average Bonchev–Trinajstić information content (AvgIpc) is 2.93. The molecule has 1 aromatic heterocycles. The van der Waals surface area contributed by atoms with E-state index < -0.39 is 0 Å². The van der Waals surface area contributed by atoms with Crippen molar-refractivity contribution in [2.24, 2.45) is 0 Å². The molecule has 3 aromatic rings. The molecule has 0 aliphatic carbocycles. The molecule has 0 saturated heterocycles. The van der Waals surface area contributed by atoms with Crippen LogP contribution in [-0.2, 0) is 4.79 Å². The van der Waals surface area contributed by atoms with Crippen molar-refractivity contribution < 1.29 is 9.53 Å². The molecule has 0 fully saturated rings. The SMILES string of the molecule is Cc1cc(C)c2nc(NC(=O)COc3cc(C)c(Cl)c(C)c3)sc2c1. The highest BCUT2D eigenvalue weighted by Gasteiger charge is 2.11. The summed E-state index contributed by atoms with van der Waals surface area (Å²) in [4.78, 5) is 16.7. The largest absolute Gasteiger partial charge is 0.484 e. The van der Waals surface area contributed by atoms with Crippen LogP contribution in [0.5, 0.6) is 5.75 Å². The normalized spacial score (nSPS) is 10.9. The van der Waals surface area contributed by atoms with Crippen LogP contribution >= 0.6 is 22.9 Å². The molecule has 6 heteroatoms. The van der Waals surface area contributed by atoms with Gasteiger partial charge in [0.1, 0.15) is 5.75 Å². The number of carbonyl (C=O) groups is 1. The van der Waals surface area contributed by atoms with E-state index in [4.69, 9.17) is 16.3 Å². The maximum atomic E-state index is 12.2. The molecular weight excluding hydrogens is 356 g/mol. The maximum Gasteiger partial charge on any atom is 0.264 e. The van der Waals surface area contributed by atoms with Gasteiger partial charge in [-0.25, -0.2) is 4.98 Å². The molecule has 1 heterocycles. The third-order valence-corrected chi connectivity index (χ3v) is 5.37. The zero-order chi connectivity index (χ0) is 18.1. The van der Waals surface area contributed by atoms with Gasteiger partial charge in [-0.1, -0.05) is 29.0 Å². The van der Waals surface area contributed by atoms with Gasteiger partial charge in [-0.15, -0.1) is 0 Å². The topological polar surface area (TPSA) is 51.2 Å². The second-order valence-electron chi connectivity index (χ2n) is 6.16. The molecule has 0 atom stereocenters. The van der Waals surface area contributed by atoms with Gasteiger partial charge in [-0.2, -0.15) is 0 Å². The van der Waals surface area contributed by atoms with Crippen LogP contribution < -0.4 is 10.1 Å². The first-order valence-corrected chi connectivity index (χ1v) is 9.10. The van der Waals surface area contributed by atoms with E-state index in [0.717, 1.165) is 31.9 Å². The van der Waals surface area contributed by atoms with Crippen LogP contribution in [0.1, 0.15) is 22.3 Å². The molecule has 0 bridgehead atoms. The molecule has 3 rings (SSSR count). The number of nitrogens with one attached hydrogen (secondary N) is 1. The highest BCUT2D eigenvalue weighted by atomic mass is 35.5. The number of rotatable bonds is 4. The molecule has 1 N–H and O–H groups in total. The number of amides is 1. The smallest absolute Gasteiger partial charge is 0.264 e. The number of nitrogens with zero attached hydrogens (tertiary/aromatic N) is 1. The van der Waals surface area contributed by atoms with Crippen LogP contribution in [0.15, 0.2) is 24.3 Å². The average molecular weight is 375 g/mol. The number of carbonyl (C=O) groups excluding carboxylic acids is 1. The van der Waals surface area contributed by atoms with E-state index in [1.54, 1.807) is 0 Å². The molecule has 4 nitrogen and oxygen atoms in total. The van der Waals surface area contributed by atoms with Crippen LogP contribution in [0, 0.1) is 27.7 Å². The van der Waals surface area contributed by atoms with Crippen molar-refractivity contribution in [3.05, 3.63) is 51.5 Å². The number of hydrogen-bond acceptors (Lipinski definition) is 4. The Morgan fingerprint density at radius 1 is 1.12 bits per heavy atom. The minimum absolute atomic E-state index is 0.0750. The van der Waals surface area contributed by atoms with E-state index in [2.05, 4.69) is 22.4 Å². The molecule has 130 valence electrons. The number of halogens is 1. The Balaban J connectivity index is 1.68. The summed E-state index contributed by atoms with van der Waals surface area (Å²) < 4.78 is 6.65. The van der Waals surface area contributed by atoms with Gasteiger partial charge < -0.3 is 4.74 Å². The maximum absolute atomic E-state index is 12.2. The molecule has 1 amide bonds. The summed E-state index contributed by atoms with van der Waals surface area (Å²) in [7, 11) is 0. The lowest BCUT2D eigenvalue weighted by atomic mass is 10.1. The fourth-order valence-electron chi connectivity index (χ4n) is 2.72. The first-order valence-electron chi connectivity index (χ1n) is 7.90. The summed E-state index contributed by atoms with van der Waals surface area (Å²) in [5, 5.41) is 4.11. The van der Waals surface area contributed by atoms with Crippen molar-refractivity contribution in [2.45, 2.75) is 27.7 Å². The van der Waals surface area contributed by atoms with E-state index in [-0.39, 0.29) is 12.5 Å². The minimum Gasteiger partial charge on any atom is -0.484 e. The second-order valence-corrected chi connectivity index (χ2v) is 7.56. The zero-order valence-electron chi connectivity index (χ0n) is 14.6. The number of anilines is 1. The Hall–Kier alpha value is -2.11. The highest BCUT2D eigenvalue weighted by Crippen LogP contribution is 2.29. The monoisotopic (exact) mass is 374 g/mol. The summed E-state index contributed by atoms with van der Waals surface area (Å²) in [5.41, 5.74) is 5.07. The lowest BCUT2D eigenvalue weighted by molar-refractivity contribution is -0.118. The summed E-state index contributed by atoms with van der Waals surface area (Å²) in [6.07, 6.45) is 0. The number of hydrogen-bond donors (Lipinski definition) is 1. The van der Waals surface area contributed by atoms with Crippen molar-refractivity contribution in [3.63, 3.8) is 0 Å². The van der Waals surface area contributed by atoms with E-state index in [9.17, 15) is 4.79 Å². The molecule has 0 spiro atoms. The van der Waals surface area contributed by atoms with Gasteiger partial charge >= 0.3 is 0 Å². The van der Waals surface area contributed by atoms with Crippen LogP contribution in [-0.4, -0.2) is 17.5 Å². The molecule has 0 aliphatic rings. The number of thiazole rings is 1. The fourth-order valence-corrected chi connectivity index (χ4v) is 3.89. The molecule has 2 aromatic carbocycles. The molecular formula is C19H19ClN2O2S. The summed E-state index contributed by atoms with van der Waals surface area (Å²) in [6.45, 7) is 7.82. The summed E-state index contributed by atoms with van der Waals surface area (Å²) in [6, 6.07) is 7.81. The molecule has 0 unspecified atom stereocenters. The number of benzene rings is 2. The van der Waals surface area contributed by atoms with Crippen LogP contribution in [0.4, 0.5) is 5.13 Å². The van der Waals surface area contributed by atoms with Crippen LogP contribution in [0.2, 0.25) is 5.02 Å². The predicted octanol–water partition coefficient (Wildman–Crippen LogP) is 5.20. The number of aryl methyl sites for hydroxylation is 4. The number of aromatic nitrogens is 1. The van der Waals surface area contributed by atoms with Crippen molar-refractivity contribution in [1.29, 1.82) is 0 Å². The Morgan fingerprint density at radius 2 is 1.80 bits per heavy atom. The lowest BCUT2D eigenvalue weighted by Gasteiger charge is -2.09. The van der Waals surface area contributed by atoms with E-state index in [0.29, 0.717) is 10.9 Å². The lowest BCUT2D eigenvalue weighted by Crippen LogP contribution is -2.20. The molecule has 0 saturated carbocycles. The minimum atomic E-state index is -0.237. The third-order valence-electron chi connectivity index (χ3n) is 3.86. The summed E-state index contributed by atoms with van der Waals surface area (Å²) >= 11 is 7.61. The van der Waals surface area contributed by atoms with Crippen molar-refractivity contribution in [3.8, 4) is 5.75 Å². The van der Waals surface area contributed by atoms with E-state index in [1.807, 2.05) is 39.8 Å². The Bertz CT molecular complexity index is 942. The predicted molar refractivity (Wildman–Crippen MR) is 104 cm³/mol. The Kier molecular flexibility index (Phi) is 4.97. The van der Waals surface area contributed by atoms with Gasteiger partial charge in [0.05, 0.1) is 10.2 Å². The second kappa shape index (κ2) is 7.02. The highest BCUT2D eigenvalue weighted by molar-refractivity contribution is 7.22. The number of ether oxygens (including phenoxy) is 1. The summed E-state index contributed by atoms with van der Waals surface area (Å²) in [5.74, 6) is 0.393. The van der Waals surface area contributed by atoms with Crippen molar-refractivity contribution in [2.75, 3.05) is 11.9 Å². The molecule has 0 radical (unpaired) electrons. The van der Waals surface area contributed by atoms with Crippen molar-refractivity contribution in [1.82, 2.24) is 4.98 Å². The quantitative estimate of drug-likeness (QED) is 0.682. The van der Waals surface area contributed by atoms with Gasteiger partial charge in [0.2, 0.25) is 0 Å². The first-order chi connectivity index (χ1) is 11.8. The van der Waals surface area contributed by atoms with Gasteiger partial charge in [0.25, 0.3) is 5.91 Å². The first kappa shape index (κ1) is 17.7. The van der Waals surface area contributed by atoms with Crippen LogP contribution in [0.25, 0.3) is 10.2 Å². The van der Waals surface area contributed by atoms with Gasteiger partial charge in [0.15, 0.2) is 11.7 Å². The molecule has 25 heavy (non-hydrogen) atoms. The van der Waals surface area contributed by atoms with E-state index in [1.165, 1.54) is 16.9 Å². The van der Waals surface area contributed by atoms with Gasteiger partial charge in [0, 0.05) is 5.02 Å². The van der Waals surface area contributed by atoms with Gasteiger partial charge in [-0.05, 0) is 68.1 Å². The van der Waals surface area contributed by atoms with Gasteiger partial charge in [-0.3, -0.25) is 10.1 Å². The molecule has 0 aliphatic heterocycles. The third kappa shape index (κ3) is 3.94. The Morgan fingerprint density at radius 3 is 2.48 bits per heavy atom. The van der Waals surface area contributed by atoms with Crippen molar-refractivity contribution >= 4 is 44.2 Å². The number of fused-ring (bicyclic) bond motifs is 1. The standard InChI is InChI=1S/C19H19ClN2O2S/c1-10-5-13(4)18-15(6-10)25-19(22-18)21-16(23)9-24-14-7-11(2)17(20)12(3)8-14/h5-8H,9H2,1-4H3,(H,21,22,23). The van der Waals surface area contributed by atoms with E-state index >= 15 is 0 Å².